The summed E-state index contributed by atoms with van der Waals surface area (Å²) >= 11 is 6.58. The van der Waals surface area contributed by atoms with Crippen LogP contribution in [0.4, 0.5) is 5.69 Å². The molecule has 0 unspecified atom stereocenters. The lowest BCUT2D eigenvalue weighted by atomic mass is 10.1. The summed E-state index contributed by atoms with van der Waals surface area (Å²) in [6, 6.07) is 16.0. The molecule has 1 amide bonds. The predicted octanol–water partition coefficient (Wildman–Crippen LogP) is 4.04. The number of non-ortho nitro benzene ring substituents is 1. The van der Waals surface area contributed by atoms with Gasteiger partial charge in [0.15, 0.2) is 0 Å². The van der Waals surface area contributed by atoms with Crippen LogP contribution in [0.2, 0.25) is 0 Å². The molecule has 1 heterocycles. The van der Waals surface area contributed by atoms with E-state index in [4.69, 9.17) is 12.2 Å². The Bertz CT molecular complexity index is 848. The van der Waals surface area contributed by atoms with Crippen molar-refractivity contribution in [2.75, 3.05) is 6.54 Å². The van der Waals surface area contributed by atoms with E-state index in [1.165, 1.54) is 23.9 Å². The Hall–Kier alpha value is -2.51. The highest BCUT2D eigenvalue weighted by Gasteiger charge is 2.31. The minimum absolute atomic E-state index is 0.0209. The van der Waals surface area contributed by atoms with Gasteiger partial charge in [-0.25, -0.2) is 0 Å². The molecule has 0 radical (unpaired) electrons. The standard InChI is InChI=1S/C18H14N2O3S2/c21-17-16(12-14-6-8-15(9-7-14)20(22)23)25-18(24)19(17)11-10-13-4-2-1-3-5-13/h1-9,12H,10-11H2/b16-12-. The van der Waals surface area contributed by atoms with Gasteiger partial charge in [-0.2, -0.15) is 0 Å². The van der Waals surface area contributed by atoms with Crippen molar-refractivity contribution in [2.24, 2.45) is 0 Å². The number of nitrogens with zero attached hydrogens (tertiary/aromatic N) is 2. The summed E-state index contributed by atoms with van der Waals surface area (Å²) in [5, 5.41) is 10.7. The van der Waals surface area contributed by atoms with Crippen molar-refractivity contribution in [2.45, 2.75) is 6.42 Å². The number of nitro groups is 1. The number of carbonyl (C=O) groups excluding carboxylic acids is 1. The number of rotatable bonds is 5. The summed E-state index contributed by atoms with van der Waals surface area (Å²) in [5.74, 6) is -0.121. The summed E-state index contributed by atoms with van der Waals surface area (Å²) in [4.78, 5) is 24.9. The van der Waals surface area contributed by atoms with Crippen molar-refractivity contribution in [1.82, 2.24) is 4.90 Å². The van der Waals surface area contributed by atoms with Crippen LogP contribution in [0.25, 0.3) is 6.08 Å². The monoisotopic (exact) mass is 370 g/mol. The van der Waals surface area contributed by atoms with E-state index in [0.29, 0.717) is 15.8 Å². The van der Waals surface area contributed by atoms with E-state index in [9.17, 15) is 14.9 Å². The Kier molecular flexibility index (Phi) is 5.25. The Balaban J connectivity index is 1.70. The maximum absolute atomic E-state index is 12.6. The predicted molar refractivity (Wildman–Crippen MR) is 103 cm³/mol. The van der Waals surface area contributed by atoms with Gasteiger partial charge in [-0.1, -0.05) is 54.3 Å². The summed E-state index contributed by atoms with van der Waals surface area (Å²) in [6.45, 7) is 0.534. The van der Waals surface area contributed by atoms with Gasteiger partial charge >= 0.3 is 0 Å². The smallest absolute Gasteiger partial charge is 0.269 e. The van der Waals surface area contributed by atoms with Gasteiger partial charge in [0.1, 0.15) is 4.32 Å². The fraction of sp³-hybridized carbons (Fsp3) is 0.111. The molecule has 0 N–H and O–H groups in total. The Labute approximate surface area is 154 Å². The second-order valence-corrected chi connectivity index (χ2v) is 7.09. The van der Waals surface area contributed by atoms with E-state index in [-0.39, 0.29) is 11.6 Å². The van der Waals surface area contributed by atoms with Crippen LogP contribution in [0.15, 0.2) is 59.5 Å². The van der Waals surface area contributed by atoms with Crippen molar-refractivity contribution in [3.05, 3.63) is 80.7 Å². The molecule has 0 atom stereocenters. The fourth-order valence-corrected chi connectivity index (χ4v) is 3.73. The highest BCUT2D eigenvalue weighted by Crippen LogP contribution is 2.32. The molecule has 5 nitrogen and oxygen atoms in total. The largest absolute Gasteiger partial charge is 0.293 e. The zero-order valence-corrected chi connectivity index (χ0v) is 14.8. The highest BCUT2D eigenvalue weighted by molar-refractivity contribution is 8.26. The molecule has 25 heavy (non-hydrogen) atoms. The molecule has 1 saturated heterocycles. The van der Waals surface area contributed by atoms with E-state index >= 15 is 0 Å². The summed E-state index contributed by atoms with van der Waals surface area (Å²) in [5.41, 5.74) is 1.90. The minimum Gasteiger partial charge on any atom is -0.293 e. The third kappa shape index (κ3) is 4.12. The van der Waals surface area contributed by atoms with Crippen LogP contribution in [-0.4, -0.2) is 26.6 Å². The molecule has 0 spiro atoms. The van der Waals surface area contributed by atoms with E-state index in [2.05, 4.69) is 0 Å². The van der Waals surface area contributed by atoms with Crippen LogP contribution in [0.3, 0.4) is 0 Å². The molecule has 2 aromatic rings. The average molecular weight is 370 g/mol. The first kappa shape index (κ1) is 17.3. The molecule has 1 fully saturated rings. The fourth-order valence-electron chi connectivity index (χ4n) is 2.42. The Morgan fingerprint density at radius 1 is 1.12 bits per heavy atom. The molecule has 0 aromatic heterocycles. The summed E-state index contributed by atoms with van der Waals surface area (Å²) in [7, 11) is 0. The number of hydrogen-bond acceptors (Lipinski definition) is 5. The molecule has 0 bridgehead atoms. The quantitative estimate of drug-likeness (QED) is 0.344. The third-order valence-corrected chi connectivity index (χ3v) is 5.12. The lowest BCUT2D eigenvalue weighted by Crippen LogP contribution is -2.30. The molecule has 126 valence electrons. The Morgan fingerprint density at radius 3 is 2.44 bits per heavy atom. The zero-order valence-electron chi connectivity index (χ0n) is 13.1. The van der Waals surface area contributed by atoms with Gasteiger partial charge in [0, 0.05) is 18.7 Å². The maximum Gasteiger partial charge on any atom is 0.269 e. The van der Waals surface area contributed by atoms with Gasteiger partial charge in [-0.3, -0.25) is 19.8 Å². The van der Waals surface area contributed by atoms with Crippen molar-refractivity contribution in [1.29, 1.82) is 0 Å². The summed E-state index contributed by atoms with van der Waals surface area (Å²) < 4.78 is 0.536. The van der Waals surface area contributed by atoms with Crippen molar-refractivity contribution < 1.29 is 9.72 Å². The summed E-state index contributed by atoms with van der Waals surface area (Å²) in [6.07, 6.45) is 2.45. The first-order valence-electron chi connectivity index (χ1n) is 7.58. The minimum atomic E-state index is -0.452. The van der Waals surface area contributed by atoms with E-state index < -0.39 is 4.92 Å². The van der Waals surface area contributed by atoms with E-state index in [0.717, 1.165) is 17.5 Å². The number of thioether (sulfide) groups is 1. The zero-order chi connectivity index (χ0) is 17.8. The lowest BCUT2D eigenvalue weighted by molar-refractivity contribution is -0.384. The average Bonchev–Trinajstić information content (AvgIpc) is 2.88. The van der Waals surface area contributed by atoms with Gasteiger partial charge in [0.25, 0.3) is 11.6 Å². The van der Waals surface area contributed by atoms with Crippen LogP contribution in [0.1, 0.15) is 11.1 Å². The van der Waals surface area contributed by atoms with Gasteiger partial charge in [-0.05, 0) is 35.8 Å². The van der Waals surface area contributed by atoms with Crippen LogP contribution < -0.4 is 0 Å². The second-order valence-electron chi connectivity index (χ2n) is 5.42. The topological polar surface area (TPSA) is 63.4 Å². The van der Waals surface area contributed by atoms with Crippen molar-refractivity contribution >= 4 is 46.0 Å². The van der Waals surface area contributed by atoms with Crippen molar-refractivity contribution in [3.63, 3.8) is 0 Å². The molecule has 3 rings (SSSR count). The van der Waals surface area contributed by atoms with Crippen LogP contribution in [-0.2, 0) is 11.2 Å². The SMILES string of the molecule is O=C1/C(=C/c2ccc([N+](=O)[O-])cc2)SC(=S)N1CCc1ccccc1. The Morgan fingerprint density at radius 2 is 1.80 bits per heavy atom. The normalized spacial score (nSPS) is 15.8. The van der Waals surface area contributed by atoms with E-state index in [1.807, 2.05) is 30.3 Å². The van der Waals surface area contributed by atoms with Crippen LogP contribution in [0.5, 0.6) is 0 Å². The first-order valence-corrected chi connectivity index (χ1v) is 8.81. The molecular weight excluding hydrogens is 356 g/mol. The number of thiocarbonyl (C=S) groups is 1. The number of carbonyl (C=O) groups is 1. The highest BCUT2D eigenvalue weighted by atomic mass is 32.2. The number of nitro benzene ring substituents is 1. The van der Waals surface area contributed by atoms with E-state index in [1.54, 1.807) is 23.1 Å². The van der Waals surface area contributed by atoms with Gasteiger partial charge in [0.2, 0.25) is 0 Å². The van der Waals surface area contributed by atoms with Crippen LogP contribution in [0, 0.1) is 10.1 Å². The van der Waals surface area contributed by atoms with Gasteiger partial charge in [0.05, 0.1) is 9.83 Å². The molecule has 1 aliphatic rings. The molecule has 2 aromatic carbocycles. The van der Waals surface area contributed by atoms with Crippen LogP contribution >= 0.6 is 24.0 Å². The van der Waals surface area contributed by atoms with Gasteiger partial charge < -0.3 is 0 Å². The maximum atomic E-state index is 12.6. The second kappa shape index (κ2) is 7.58. The molecule has 0 aliphatic carbocycles. The third-order valence-electron chi connectivity index (χ3n) is 3.74. The molecular formula is C18H14N2O3S2. The number of amides is 1. The van der Waals surface area contributed by atoms with Gasteiger partial charge in [-0.15, -0.1) is 0 Å². The lowest BCUT2D eigenvalue weighted by Gasteiger charge is -2.14. The molecule has 1 aliphatic heterocycles. The van der Waals surface area contributed by atoms with Crippen molar-refractivity contribution in [3.8, 4) is 0 Å². The number of benzene rings is 2. The first-order chi connectivity index (χ1) is 12.0. The molecule has 7 heteroatoms. The number of hydrogen-bond donors (Lipinski definition) is 0. The molecule has 0 saturated carbocycles.